The van der Waals surface area contributed by atoms with E-state index >= 15 is 0 Å². The molecular formula is C12H19O4P. The Labute approximate surface area is 102 Å². The van der Waals surface area contributed by atoms with Gasteiger partial charge in [0.05, 0.1) is 25.6 Å². The second-order valence-electron chi connectivity index (χ2n) is 3.44. The van der Waals surface area contributed by atoms with Crippen molar-refractivity contribution in [1.82, 2.24) is 0 Å². The zero-order valence-electron chi connectivity index (χ0n) is 10.7. The SMILES string of the molecule is CCOP(=O)(OCC)c1cccc(OC)c1C. The molecule has 0 aliphatic heterocycles. The molecule has 5 heteroatoms. The van der Waals surface area contributed by atoms with Gasteiger partial charge in [0.25, 0.3) is 0 Å². The van der Waals surface area contributed by atoms with E-state index in [-0.39, 0.29) is 0 Å². The Morgan fingerprint density at radius 2 is 1.76 bits per heavy atom. The Hall–Kier alpha value is -0.830. The molecule has 0 saturated heterocycles. The van der Waals surface area contributed by atoms with E-state index in [0.29, 0.717) is 24.3 Å². The van der Waals surface area contributed by atoms with Crippen molar-refractivity contribution in [1.29, 1.82) is 0 Å². The maximum absolute atomic E-state index is 12.6. The van der Waals surface area contributed by atoms with Crippen molar-refractivity contribution in [2.24, 2.45) is 0 Å². The van der Waals surface area contributed by atoms with E-state index in [4.69, 9.17) is 13.8 Å². The second-order valence-corrected chi connectivity index (χ2v) is 5.43. The predicted molar refractivity (Wildman–Crippen MR) is 68.2 cm³/mol. The van der Waals surface area contributed by atoms with Crippen LogP contribution in [0.3, 0.4) is 0 Å². The molecule has 0 spiro atoms. The Balaban J connectivity index is 3.23. The number of methoxy groups -OCH3 is 1. The molecule has 17 heavy (non-hydrogen) atoms. The summed E-state index contributed by atoms with van der Waals surface area (Å²) in [6, 6.07) is 5.36. The highest BCUT2D eigenvalue weighted by Gasteiger charge is 2.29. The molecule has 0 unspecified atom stereocenters. The fourth-order valence-corrected chi connectivity index (χ4v) is 3.46. The van der Waals surface area contributed by atoms with Crippen molar-refractivity contribution in [3.05, 3.63) is 23.8 Å². The molecular weight excluding hydrogens is 239 g/mol. The number of rotatable bonds is 6. The van der Waals surface area contributed by atoms with Crippen LogP contribution in [0.25, 0.3) is 0 Å². The van der Waals surface area contributed by atoms with Gasteiger partial charge >= 0.3 is 7.60 Å². The number of ether oxygens (including phenoxy) is 1. The second kappa shape index (κ2) is 6.20. The van der Waals surface area contributed by atoms with E-state index < -0.39 is 7.60 Å². The minimum Gasteiger partial charge on any atom is -0.496 e. The fraction of sp³-hybridized carbons (Fsp3) is 0.500. The molecule has 96 valence electrons. The average molecular weight is 258 g/mol. The molecule has 0 aliphatic carbocycles. The molecule has 0 radical (unpaired) electrons. The lowest BCUT2D eigenvalue weighted by Crippen LogP contribution is -2.14. The number of hydrogen-bond acceptors (Lipinski definition) is 4. The molecule has 1 aromatic rings. The molecule has 0 N–H and O–H groups in total. The highest BCUT2D eigenvalue weighted by atomic mass is 31.2. The summed E-state index contributed by atoms with van der Waals surface area (Å²) in [5.74, 6) is 0.683. The van der Waals surface area contributed by atoms with Gasteiger partial charge in [0.2, 0.25) is 0 Å². The Morgan fingerprint density at radius 3 is 2.24 bits per heavy atom. The van der Waals surface area contributed by atoms with Crippen LogP contribution in [0.4, 0.5) is 0 Å². The normalized spacial score (nSPS) is 11.5. The van der Waals surface area contributed by atoms with Gasteiger partial charge in [-0.2, -0.15) is 0 Å². The minimum absolute atomic E-state index is 0.341. The highest BCUT2D eigenvalue weighted by Crippen LogP contribution is 2.48. The third kappa shape index (κ3) is 3.09. The average Bonchev–Trinajstić information content (AvgIpc) is 2.30. The van der Waals surface area contributed by atoms with E-state index in [2.05, 4.69) is 0 Å². The third-order valence-electron chi connectivity index (χ3n) is 2.37. The van der Waals surface area contributed by atoms with Gasteiger partial charge in [0.15, 0.2) is 0 Å². The first kappa shape index (κ1) is 14.2. The Kier molecular flexibility index (Phi) is 5.19. The summed E-state index contributed by atoms with van der Waals surface area (Å²) < 4.78 is 28.4. The lowest BCUT2D eigenvalue weighted by Gasteiger charge is -2.19. The summed E-state index contributed by atoms with van der Waals surface area (Å²) in [5.41, 5.74) is 0.792. The van der Waals surface area contributed by atoms with Gasteiger partial charge in [0, 0.05) is 5.56 Å². The molecule has 0 aliphatic rings. The first-order valence-electron chi connectivity index (χ1n) is 5.62. The largest absolute Gasteiger partial charge is 0.496 e. The van der Waals surface area contributed by atoms with Crippen molar-refractivity contribution in [3.63, 3.8) is 0 Å². The van der Waals surface area contributed by atoms with Crippen LogP contribution in [0.5, 0.6) is 5.75 Å². The maximum Gasteiger partial charge on any atom is 0.361 e. The minimum atomic E-state index is -3.23. The highest BCUT2D eigenvalue weighted by molar-refractivity contribution is 7.62. The lowest BCUT2D eigenvalue weighted by atomic mass is 10.2. The molecule has 0 saturated carbocycles. The van der Waals surface area contributed by atoms with Crippen LogP contribution in [-0.4, -0.2) is 20.3 Å². The summed E-state index contributed by atoms with van der Waals surface area (Å²) in [6.07, 6.45) is 0. The van der Waals surface area contributed by atoms with Crippen LogP contribution in [0, 0.1) is 6.92 Å². The number of benzene rings is 1. The van der Waals surface area contributed by atoms with Crippen LogP contribution in [0.1, 0.15) is 19.4 Å². The maximum atomic E-state index is 12.6. The molecule has 0 heterocycles. The third-order valence-corrected chi connectivity index (χ3v) is 4.64. The van der Waals surface area contributed by atoms with Crippen LogP contribution < -0.4 is 10.0 Å². The van der Waals surface area contributed by atoms with Crippen molar-refractivity contribution >= 4 is 12.9 Å². The molecule has 0 bridgehead atoms. The molecule has 1 rings (SSSR count). The molecule has 4 nitrogen and oxygen atoms in total. The van der Waals surface area contributed by atoms with E-state index in [0.717, 1.165) is 5.56 Å². The van der Waals surface area contributed by atoms with Crippen LogP contribution in [0.2, 0.25) is 0 Å². The molecule has 0 amide bonds. The quantitative estimate of drug-likeness (QED) is 0.736. The zero-order chi connectivity index (χ0) is 12.9. The monoisotopic (exact) mass is 258 g/mol. The molecule has 0 aromatic heterocycles. The molecule has 0 fully saturated rings. The lowest BCUT2D eigenvalue weighted by molar-refractivity contribution is 0.229. The number of hydrogen-bond donors (Lipinski definition) is 0. The van der Waals surface area contributed by atoms with Gasteiger partial charge < -0.3 is 13.8 Å². The van der Waals surface area contributed by atoms with E-state index in [9.17, 15) is 4.57 Å². The van der Waals surface area contributed by atoms with Gasteiger partial charge in [0.1, 0.15) is 5.75 Å². The smallest absolute Gasteiger partial charge is 0.361 e. The fourth-order valence-electron chi connectivity index (χ4n) is 1.64. The first-order valence-corrected chi connectivity index (χ1v) is 7.16. The summed E-state index contributed by atoms with van der Waals surface area (Å²) in [6.45, 7) is 6.11. The molecule has 0 atom stereocenters. The van der Waals surface area contributed by atoms with Gasteiger partial charge in [-0.05, 0) is 32.9 Å². The van der Waals surface area contributed by atoms with Crippen molar-refractivity contribution in [3.8, 4) is 5.75 Å². The standard InChI is InChI=1S/C12H19O4P/c1-5-15-17(13,16-6-2)12-9-7-8-11(14-4)10(12)3/h7-9H,5-6H2,1-4H3. The van der Waals surface area contributed by atoms with Crippen molar-refractivity contribution in [2.45, 2.75) is 20.8 Å². The van der Waals surface area contributed by atoms with Gasteiger partial charge in [-0.25, -0.2) is 0 Å². The molecule has 1 aromatic carbocycles. The van der Waals surface area contributed by atoms with Gasteiger partial charge in [-0.1, -0.05) is 6.07 Å². The van der Waals surface area contributed by atoms with E-state index in [1.165, 1.54) is 0 Å². The van der Waals surface area contributed by atoms with Crippen LogP contribution in [0.15, 0.2) is 18.2 Å². The van der Waals surface area contributed by atoms with Crippen molar-refractivity contribution in [2.75, 3.05) is 20.3 Å². The zero-order valence-corrected chi connectivity index (χ0v) is 11.6. The van der Waals surface area contributed by atoms with Gasteiger partial charge in [-0.15, -0.1) is 0 Å². The summed E-state index contributed by atoms with van der Waals surface area (Å²) >= 11 is 0. The Morgan fingerprint density at radius 1 is 1.18 bits per heavy atom. The van der Waals surface area contributed by atoms with E-state index in [1.54, 1.807) is 33.1 Å². The first-order chi connectivity index (χ1) is 8.09. The van der Waals surface area contributed by atoms with E-state index in [1.807, 2.05) is 13.0 Å². The summed E-state index contributed by atoms with van der Waals surface area (Å²) in [7, 11) is -1.65. The van der Waals surface area contributed by atoms with Crippen LogP contribution >= 0.6 is 7.60 Å². The van der Waals surface area contributed by atoms with Crippen LogP contribution in [-0.2, 0) is 13.6 Å². The Bertz CT molecular complexity index is 407. The van der Waals surface area contributed by atoms with Crippen molar-refractivity contribution < 1.29 is 18.3 Å². The summed E-state index contributed by atoms with van der Waals surface area (Å²) in [4.78, 5) is 0. The van der Waals surface area contributed by atoms with Gasteiger partial charge in [-0.3, -0.25) is 4.57 Å². The predicted octanol–water partition coefficient (Wildman–Crippen LogP) is 2.90. The topological polar surface area (TPSA) is 44.8 Å². The summed E-state index contributed by atoms with van der Waals surface area (Å²) in [5, 5.41) is 0.570.